The normalized spacial score (nSPS) is 19.5. The van der Waals surface area contributed by atoms with Gasteiger partial charge in [-0.05, 0) is 35.4 Å². The summed E-state index contributed by atoms with van der Waals surface area (Å²) in [5.41, 5.74) is 9.87. The van der Waals surface area contributed by atoms with Crippen molar-refractivity contribution in [3.63, 3.8) is 0 Å². The number of para-hydroxylation sites is 2. The molecule has 3 aromatic rings. The van der Waals surface area contributed by atoms with Crippen molar-refractivity contribution in [3.8, 4) is 0 Å². The molecule has 5 rings (SSSR count). The van der Waals surface area contributed by atoms with Crippen LogP contribution in [-0.2, 0) is 11.5 Å². The summed E-state index contributed by atoms with van der Waals surface area (Å²) in [4.78, 5) is 2.86. The van der Waals surface area contributed by atoms with Crippen LogP contribution >= 0.6 is 21.0 Å². The zero-order chi connectivity index (χ0) is 17.3. The van der Waals surface area contributed by atoms with Crippen LogP contribution in [0.2, 0.25) is 0 Å². The van der Waals surface area contributed by atoms with Gasteiger partial charge in [0.2, 0.25) is 0 Å². The molecule has 2 N–H and O–H groups in total. The van der Waals surface area contributed by atoms with Gasteiger partial charge in [-0.25, -0.2) is 0 Å². The molecule has 2 aliphatic heterocycles. The number of anilines is 2. The van der Waals surface area contributed by atoms with E-state index >= 15 is 0 Å². The van der Waals surface area contributed by atoms with E-state index in [-0.39, 0.29) is 21.0 Å². The van der Waals surface area contributed by atoms with Crippen LogP contribution in [-0.4, -0.2) is 11.0 Å². The van der Waals surface area contributed by atoms with E-state index in [1.165, 1.54) is 32.3 Å². The first kappa shape index (κ1) is 15.9. The molecule has 0 amide bonds. The number of rotatable bonds is 4. The molecule has 0 saturated heterocycles. The number of hydrogen-bond donors (Lipinski definition) is 2. The smallest absolute Gasteiger partial charge is 0.0517 e. The van der Waals surface area contributed by atoms with Crippen molar-refractivity contribution < 1.29 is 0 Å². The zero-order valence-electron chi connectivity index (χ0n) is 14.3. The molecule has 2 unspecified atom stereocenters. The minimum absolute atomic E-state index is 0.144. The summed E-state index contributed by atoms with van der Waals surface area (Å²) in [6, 6.07) is 26.4. The molecule has 0 bridgehead atoms. The molecule has 2 atom stereocenters. The molecule has 0 saturated carbocycles. The summed E-state index contributed by atoms with van der Waals surface area (Å²) >= 11 is 0. The largest absolute Gasteiger partial charge is 0.356 e. The highest BCUT2D eigenvalue weighted by Gasteiger charge is 2.14. The fourth-order valence-corrected chi connectivity index (χ4v) is 7.11. The van der Waals surface area contributed by atoms with Gasteiger partial charge in [0, 0.05) is 32.3 Å². The lowest BCUT2D eigenvalue weighted by atomic mass is 10.2. The van der Waals surface area contributed by atoms with Crippen LogP contribution in [0.4, 0.5) is 11.4 Å². The molecule has 0 spiro atoms. The summed E-state index contributed by atoms with van der Waals surface area (Å²) in [6.45, 7) is 0. The second-order valence-corrected chi connectivity index (χ2v) is 10.1. The van der Waals surface area contributed by atoms with Gasteiger partial charge in [-0.2, -0.15) is 0 Å². The lowest BCUT2D eigenvalue weighted by Crippen LogP contribution is -1.89. The van der Waals surface area contributed by atoms with Gasteiger partial charge in [0.1, 0.15) is 0 Å². The number of hydrogen-bond acceptors (Lipinski definition) is 2. The summed E-state index contributed by atoms with van der Waals surface area (Å²) in [6.07, 6.45) is 0. The van der Waals surface area contributed by atoms with Gasteiger partial charge in [0.15, 0.2) is 0 Å². The zero-order valence-corrected chi connectivity index (χ0v) is 15.9. The van der Waals surface area contributed by atoms with Crippen molar-refractivity contribution in [3.05, 3.63) is 83.9 Å². The van der Waals surface area contributed by atoms with Crippen LogP contribution in [0.3, 0.4) is 0 Å². The highest BCUT2D eigenvalue weighted by molar-refractivity contribution is 8.15. The molecule has 4 heteroatoms. The molecule has 0 radical (unpaired) electrons. The van der Waals surface area contributed by atoms with Crippen molar-refractivity contribution in [2.24, 2.45) is 0 Å². The molecular formula is C22H20N2S2. The molecule has 0 fully saturated rings. The Morgan fingerprint density at radius 2 is 1.08 bits per heavy atom. The monoisotopic (exact) mass is 376 g/mol. The third kappa shape index (κ3) is 3.00. The Labute approximate surface area is 159 Å². The first-order valence-corrected chi connectivity index (χ1v) is 11.6. The molecule has 2 heterocycles. The second-order valence-electron chi connectivity index (χ2n) is 6.48. The molecular weight excluding hydrogens is 356 g/mol. The minimum Gasteiger partial charge on any atom is -0.356 e. The molecule has 2 nitrogen and oxygen atoms in total. The Balaban J connectivity index is 1.36. The fraction of sp³-hybridized carbons (Fsp3) is 0.0909. The lowest BCUT2D eigenvalue weighted by molar-refractivity contribution is 1.32. The molecule has 0 aliphatic carbocycles. The molecule has 0 aromatic heterocycles. The SMILES string of the molecule is C1=S(Cc2cccc(CS3=CNc4ccccc43)c2)c2ccccc2N1. The van der Waals surface area contributed by atoms with Gasteiger partial charge in [-0.3, -0.25) is 0 Å². The average molecular weight is 377 g/mol. The molecule has 26 heavy (non-hydrogen) atoms. The third-order valence-electron chi connectivity index (χ3n) is 4.69. The standard InChI is InChI=1S/C22H20N2S2/c1-3-10-21-19(8-1)23-15-25(21)13-17-6-5-7-18(12-17)14-26-16-24-20-9-2-4-11-22(20)26/h1-12,15-16,23-24H,13-14H2. The predicted molar refractivity (Wildman–Crippen MR) is 118 cm³/mol. The van der Waals surface area contributed by atoms with Crippen LogP contribution in [0.5, 0.6) is 0 Å². The van der Waals surface area contributed by atoms with Gasteiger partial charge in [0.05, 0.1) is 11.4 Å². The first-order valence-electron chi connectivity index (χ1n) is 8.72. The van der Waals surface area contributed by atoms with Gasteiger partial charge < -0.3 is 10.6 Å². The van der Waals surface area contributed by atoms with E-state index in [0.717, 1.165) is 11.5 Å². The van der Waals surface area contributed by atoms with Gasteiger partial charge in [-0.15, -0.1) is 21.0 Å². The number of benzene rings is 3. The maximum atomic E-state index is 3.43. The highest BCUT2D eigenvalue weighted by Crippen LogP contribution is 2.41. The van der Waals surface area contributed by atoms with E-state index in [1.54, 1.807) is 0 Å². The lowest BCUT2D eigenvalue weighted by Gasteiger charge is -2.10. The highest BCUT2D eigenvalue weighted by atomic mass is 32.2. The summed E-state index contributed by atoms with van der Waals surface area (Å²) in [7, 11) is 0.289. The third-order valence-corrected chi connectivity index (χ3v) is 8.62. The topological polar surface area (TPSA) is 24.1 Å². The quantitative estimate of drug-likeness (QED) is 0.570. The maximum absolute atomic E-state index is 3.43. The fourth-order valence-electron chi connectivity index (χ4n) is 3.43. The van der Waals surface area contributed by atoms with Crippen LogP contribution in [0.1, 0.15) is 11.1 Å². The van der Waals surface area contributed by atoms with E-state index in [9.17, 15) is 0 Å². The van der Waals surface area contributed by atoms with E-state index < -0.39 is 0 Å². The molecule has 2 aliphatic rings. The van der Waals surface area contributed by atoms with E-state index in [4.69, 9.17) is 0 Å². The Hall–Kier alpha value is -2.30. The van der Waals surface area contributed by atoms with Crippen LogP contribution in [0, 0.1) is 0 Å². The predicted octanol–water partition coefficient (Wildman–Crippen LogP) is 5.71. The van der Waals surface area contributed by atoms with Crippen LogP contribution in [0.15, 0.2) is 82.6 Å². The Morgan fingerprint density at radius 1 is 0.577 bits per heavy atom. The second kappa shape index (κ2) is 6.78. The van der Waals surface area contributed by atoms with Crippen molar-refractivity contribution in [1.82, 2.24) is 0 Å². The van der Waals surface area contributed by atoms with E-state index in [2.05, 4.69) is 94.4 Å². The number of fused-ring (bicyclic) bond motifs is 2. The average Bonchev–Trinajstić information content (AvgIpc) is 3.27. The molecule has 130 valence electrons. The van der Waals surface area contributed by atoms with Crippen molar-refractivity contribution in [2.45, 2.75) is 21.3 Å². The number of nitrogens with one attached hydrogen (secondary N) is 2. The molecule has 3 aromatic carbocycles. The van der Waals surface area contributed by atoms with Crippen LogP contribution in [0.25, 0.3) is 0 Å². The summed E-state index contributed by atoms with van der Waals surface area (Å²) in [5.74, 6) is 2.15. The van der Waals surface area contributed by atoms with Crippen molar-refractivity contribution in [2.75, 3.05) is 10.6 Å². The van der Waals surface area contributed by atoms with E-state index in [0.29, 0.717) is 0 Å². The van der Waals surface area contributed by atoms with Gasteiger partial charge >= 0.3 is 0 Å². The maximum Gasteiger partial charge on any atom is 0.0517 e. The van der Waals surface area contributed by atoms with E-state index in [1.807, 2.05) is 0 Å². The van der Waals surface area contributed by atoms with Crippen molar-refractivity contribution in [1.29, 1.82) is 0 Å². The Bertz CT molecular complexity index is 973. The first-order chi connectivity index (χ1) is 12.9. The minimum atomic E-state index is 0.144. The van der Waals surface area contributed by atoms with Gasteiger partial charge in [-0.1, -0.05) is 48.5 Å². The van der Waals surface area contributed by atoms with Gasteiger partial charge in [0.25, 0.3) is 0 Å². The van der Waals surface area contributed by atoms with Crippen molar-refractivity contribution >= 4 is 43.3 Å². The summed E-state index contributed by atoms with van der Waals surface area (Å²) in [5, 5.41) is 6.86. The Kier molecular flexibility index (Phi) is 4.15. The Morgan fingerprint density at radius 3 is 1.62 bits per heavy atom. The summed E-state index contributed by atoms with van der Waals surface area (Å²) < 4.78 is 0. The van der Waals surface area contributed by atoms with Crippen LogP contribution < -0.4 is 10.6 Å².